The van der Waals surface area contributed by atoms with E-state index in [0.717, 1.165) is 16.9 Å². The molecule has 0 aliphatic carbocycles. The number of hydrogen-bond acceptors (Lipinski definition) is 3. The minimum Gasteiger partial charge on any atom is -0.497 e. The van der Waals surface area contributed by atoms with Gasteiger partial charge in [0.2, 0.25) is 0 Å². The van der Waals surface area contributed by atoms with Crippen LogP contribution < -0.4 is 4.74 Å². The van der Waals surface area contributed by atoms with Gasteiger partial charge in [-0.1, -0.05) is 38.7 Å². The van der Waals surface area contributed by atoms with Gasteiger partial charge in [0.25, 0.3) is 0 Å². The van der Waals surface area contributed by atoms with Crippen molar-refractivity contribution in [3.05, 3.63) is 29.3 Å². The summed E-state index contributed by atoms with van der Waals surface area (Å²) in [4.78, 5) is 0. The molecule has 1 rings (SSSR count). The summed E-state index contributed by atoms with van der Waals surface area (Å²) < 4.78 is 11.3. The van der Waals surface area contributed by atoms with Gasteiger partial charge >= 0.3 is 0 Å². The Balaban J connectivity index is 2.59. The van der Waals surface area contributed by atoms with E-state index in [0.29, 0.717) is 13.0 Å². The number of ether oxygens (including phenoxy) is 1. The van der Waals surface area contributed by atoms with Crippen molar-refractivity contribution in [3.8, 4) is 17.6 Å². The van der Waals surface area contributed by atoms with Crippen LogP contribution in [0.1, 0.15) is 44.4 Å². The minimum atomic E-state index is -1.71. The Kier molecular flexibility index (Phi) is 6.88. The van der Waals surface area contributed by atoms with E-state index < -0.39 is 14.4 Å². The summed E-state index contributed by atoms with van der Waals surface area (Å²) in [6.07, 6.45) is -0.163. The van der Waals surface area contributed by atoms with Gasteiger partial charge < -0.3 is 14.3 Å². The van der Waals surface area contributed by atoms with Crippen molar-refractivity contribution in [1.82, 2.24) is 0 Å². The fourth-order valence-corrected chi connectivity index (χ4v) is 2.92. The van der Waals surface area contributed by atoms with Gasteiger partial charge in [0.15, 0.2) is 8.32 Å². The Hall–Kier alpha value is -1.28. The molecule has 0 amide bonds. The van der Waals surface area contributed by atoms with Gasteiger partial charge in [-0.15, -0.1) is 0 Å². The fraction of sp³-hybridized carbons (Fsp3) is 0.579. The Bertz CT molecular complexity index is 577. The normalized spacial score (nSPS) is 13.2. The van der Waals surface area contributed by atoms with Crippen molar-refractivity contribution in [3.63, 3.8) is 0 Å². The Morgan fingerprint density at radius 1 is 1.22 bits per heavy atom. The molecule has 1 aromatic rings. The highest BCUT2D eigenvalue weighted by atomic mass is 28.4. The van der Waals surface area contributed by atoms with E-state index in [-0.39, 0.29) is 5.04 Å². The quantitative estimate of drug-likeness (QED) is 0.491. The van der Waals surface area contributed by atoms with E-state index in [1.165, 1.54) is 0 Å². The lowest BCUT2D eigenvalue weighted by Gasteiger charge is -2.35. The molecule has 128 valence electrons. The molecule has 0 aromatic heterocycles. The molecule has 0 saturated heterocycles. The molecule has 0 fully saturated rings. The van der Waals surface area contributed by atoms with E-state index in [1.54, 1.807) is 7.11 Å². The Morgan fingerprint density at radius 2 is 1.87 bits per heavy atom. The summed E-state index contributed by atoms with van der Waals surface area (Å²) in [5.74, 6) is 6.65. The standard InChI is InChI=1S/C19H30O3Si/c1-15-12-16(14-17(13-15)21-5)18(20)10-8-9-11-22-23(6,7)19(2,3)4/h12-14,18,20H,9,11H2,1-7H3/t18-/m1/s1. The monoisotopic (exact) mass is 334 g/mol. The summed E-state index contributed by atoms with van der Waals surface area (Å²) in [6.45, 7) is 13.7. The number of aliphatic hydroxyl groups is 1. The van der Waals surface area contributed by atoms with Crippen molar-refractivity contribution in [1.29, 1.82) is 0 Å². The van der Waals surface area contributed by atoms with E-state index in [2.05, 4.69) is 45.7 Å². The zero-order valence-electron chi connectivity index (χ0n) is 15.5. The molecule has 0 aliphatic rings. The largest absolute Gasteiger partial charge is 0.497 e. The summed E-state index contributed by atoms with van der Waals surface area (Å²) in [5, 5.41) is 10.4. The molecule has 4 heteroatoms. The molecule has 0 aliphatic heterocycles. The van der Waals surface area contributed by atoms with Crippen LogP contribution in [0.2, 0.25) is 18.1 Å². The van der Waals surface area contributed by atoms with Crippen LogP contribution in [0.3, 0.4) is 0 Å². The average Bonchev–Trinajstić information content (AvgIpc) is 2.44. The van der Waals surface area contributed by atoms with E-state index in [1.807, 2.05) is 25.1 Å². The number of benzene rings is 1. The highest BCUT2D eigenvalue weighted by molar-refractivity contribution is 6.74. The molecule has 0 bridgehead atoms. The lowest BCUT2D eigenvalue weighted by molar-refractivity contribution is 0.237. The van der Waals surface area contributed by atoms with E-state index in [4.69, 9.17) is 9.16 Å². The van der Waals surface area contributed by atoms with Crippen molar-refractivity contribution >= 4 is 8.32 Å². The lowest BCUT2D eigenvalue weighted by Crippen LogP contribution is -2.40. The van der Waals surface area contributed by atoms with Crippen LogP contribution in [-0.2, 0) is 4.43 Å². The molecular weight excluding hydrogens is 304 g/mol. The summed E-state index contributed by atoms with van der Waals surface area (Å²) >= 11 is 0. The van der Waals surface area contributed by atoms with E-state index in [9.17, 15) is 5.11 Å². The second kappa shape index (κ2) is 8.01. The first-order chi connectivity index (χ1) is 10.6. The maximum Gasteiger partial charge on any atom is 0.192 e. The number of rotatable bonds is 5. The third-order valence-electron chi connectivity index (χ3n) is 4.36. The van der Waals surface area contributed by atoms with Gasteiger partial charge in [0.1, 0.15) is 11.9 Å². The maximum atomic E-state index is 10.2. The number of aryl methyl sites for hydroxylation is 1. The first-order valence-corrected chi connectivity index (χ1v) is 10.9. The van der Waals surface area contributed by atoms with Gasteiger partial charge in [-0.3, -0.25) is 0 Å². The molecule has 0 heterocycles. The topological polar surface area (TPSA) is 38.7 Å². The van der Waals surface area contributed by atoms with Crippen molar-refractivity contribution in [2.75, 3.05) is 13.7 Å². The van der Waals surface area contributed by atoms with Crippen LogP contribution in [-0.4, -0.2) is 27.1 Å². The van der Waals surface area contributed by atoms with Gasteiger partial charge in [0, 0.05) is 13.0 Å². The highest BCUT2D eigenvalue weighted by Crippen LogP contribution is 2.36. The second-order valence-corrected chi connectivity index (χ2v) is 12.2. The first kappa shape index (κ1) is 19.8. The van der Waals surface area contributed by atoms with Crippen LogP contribution in [0.4, 0.5) is 0 Å². The maximum absolute atomic E-state index is 10.2. The summed E-state index contributed by atoms with van der Waals surface area (Å²) in [7, 11) is -0.0928. The first-order valence-electron chi connectivity index (χ1n) is 8.03. The Morgan fingerprint density at radius 3 is 2.43 bits per heavy atom. The number of methoxy groups -OCH3 is 1. The SMILES string of the molecule is COc1cc(C)cc([C@H](O)C#CCCO[Si](C)(C)C(C)(C)C)c1. The molecule has 23 heavy (non-hydrogen) atoms. The Labute approximate surface area is 142 Å². The van der Waals surface area contributed by atoms with Crippen LogP contribution in [0, 0.1) is 18.8 Å². The van der Waals surface area contributed by atoms with Crippen molar-refractivity contribution < 1.29 is 14.3 Å². The molecule has 1 atom stereocenters. The lowest BCUT2D eigenvalue weighted by atomic mass is 10.1. The minimum absolute atomic E-state index is 0.206. The molecular formula is C19H30O3Si. The molecule has 0 radical (unpaired) electrons. The smallest absolute Gasteiger partial charge is 0.192 e. The number of hydrogen-bond donors (Lipinski definition) is 1. The van der Waals surface area contributed by atoms with Crippen LogP contribution in [0.15, 0.2) is 18.2 Å². The molecule has 1 N–H and O–H groups in total. The van der Waals surface area contributed by atoms with Crippen LogP contribution in [0.25, 0.3) is 0 Å². The van der Waals surface area contributed by atoms with Gasteiger partial charge in [-0.05, 0) is 48.3 Å². The predicted molar refractivity (Wildman–Crippen MR) is 98.2 cm³/mol. The van der Waals surface area contributed by atoms with Crippen LogP contribution >= 0.6 is 0 Å². The van der Waals surface area contributed by atoms with E-state index >= 15 is 0 Å². The van der Waals surface area contributed by atoms with Crippen molar-refractivity contribution in [2.24, 2.45) is 0 Å². The average molecular weight is 335 g/mol. The number of aliphatic hydroxyl groups excluding tert-OH is 1. The zero-order valence-corrected chi connectivity index (χ0v) is 16.5. The van der Waals surface area contributed by atoms with Crippen molar-refractivity contribution in [2.45, 2.75) is 58.4 Å². The summed E-state index contributed by atoms with van der Waals surface area (Å²) in [6, 6.07) is 5.67. The third-order valence-corrected chi connectivity index (χ3v) is 8.90. The van der Waals surface area contributed by atoms with Crippen LogP contribution in [0.5, 0.6) is 5.75 Å². The molecule has 0 spiro atoms. The fourth-order valence-electron chi connectivity index (χ4n) is 1.88. The molecule has 1 aromatic carbocycles. The zero-order chi connectivity index (χ0) is 17.7. The molecule has 3 nitrogen and oxygen atoms in total. The van der Waals surface area contributed by atoms with Gasteiger partial charge in [-0.2, -0.15) is 0 Å². The summed E-state index contributed by atoms with van der Waals surface area (Å²) in [5.41, 5.74) is 1.81. The molecule has 0 unspecified atom stereocenters. The highest BCUT2D eigenvalue weighted by Gasteiger charge is 2.36. The van der Waals surface area contributed by atoms with Gasteiger partial charge in [0.05, 0.1) is 7.11 Å². The second-order valence-electron chi connectivity index (χ2n) is 7.37. The van der Waals surface area contributed by atoms with Gasteiger partial charge in [-0.25, -0.2) is 0 Å². The predicted octanol–water partition coefficient (Wildman–Crippen LogP) is 4.45. The molecule has 0 saturated carbocycles. The third kappa shape index (κ3) is 6.02.